The Labute approximate surface area is 656 Å². The fourth-order valence-electron chi connectivity index (χ4n) is 18.1. The number of nitrogens with zero attached hydrogens (tertiary/aromatic N) is 19. The van der Waals surface area contributed by atoms with E-state index in [0.717, 1.165) is 92.3 Å². The number of carbonyl (C=O) groups excluding carboxylic acids is 3. The number of piperidine rings is 3. The van der Waals surface area contributed by atoms with Crippen molar-refractivity contribution in [3.63, 3.8) is 0 Å². The number of thiophene rings is 1. The van der Waals surface area contributed by atoms with Crippen LogP contribution in [0.5, 0.6) is 0 Å². The number of anilines is 3. The van der Waals surface area contributed by atoms with Gasteiger partial charge in [-0.25, -0.2) is 15.0 Å². The number of fused-ring (bicyclic) bond motifs is 3. The van der Waals surface area contributed by atoms with Crippen molar-refractivity contribution in [3.05, 3.63) is 161 Å². The minimum Gasteiger partial charge on any atom is -0.393 e. The van der Waals surface area contributed by atoms with E-state index in [1.165, 1.54) is 5.56 Å². The van der Waals surface area contributed by atoms with Gasteiger partial charge >= 0.3 is 0 Å². The molecule has 3 amide bonds. The maximum Gasteiger partial charge on any atom is 0.225 e. The van der Waals surface area contributed by atoms with Crippen LogP contribution >= 0.6 is 11.3 Å². The fourth-order valence-corrected chi connectivity index (χ4v) is 19.0. The zero-order valence-corrected chi connectivity index (χ0v) is 64.4. The molecule has 6 N–H and O–H groups in total. The molecule has 12 aromatic rings. The van der Waals surface area contributed by atoms with Crippen LogP contribution in [-0.2, 0) is 14.4 Å². The van der Waals surface area contributed by atoms with Gasteiger partial charge < -0.3 is 46.0 Å². The number of carbonyl (C=O) groups is 3. The molecule has 0 radical (unpaired) electrons. The number of benzene rings is 4. The molecule has 4 unspecified atom stereocenters. The lowest BCUT2D eigenvalue weighted by molar-refractivity contribution is -0.140. The van der Waals surface area contributed by atoms with Gasteiger partial charge in [0.05, 0.1) is 46.2 Å². The maximum absolute atomic E-state index is 15.0. The minimum absolute atomic E-state index is 0.0267. The number of aryl methyl sites for hydroxylation is 3. The van der Waals surface area contributed by atoms with Crippen LogP contribution in [0, 0.1) is 38.5 Å². The minimum atomic E-state index is -0.809. The van der Waals surface area contributed by atoms with E-state index >= 15 is 4.79 Å². The van der Waals surface area contributed by atoms with Crippen molar-refractivity contribution in [1.29, 1.82) is 0 Å². The van der Waals surface area contributed by atoms with Crippen LogP contribution < -0.4 is 16.0 Å². The summed E-state index contributed by atoms with van der Waals surface area (Å²) in [4.78, 5) is 83.8. The smallest absolute Gasteiger partial charge is 0.225 e. The number of hydrogen-bond donors (Lipinski definition) is 6. The number of aliphatic hydroxyl groups is 3. The summed E-state index contributed by atoms with van der Waals surface area (Å²) in [6.45, 7) is 8.69. The van der Waals surface area contributed by atoms with Crippen molar-refractivity contribution >= 4 is 80.0 Å². The average molecular weight is 1540 g/mol. The molecule has 3 aliphatic carbocycles. The first-order valence-electron chi connectivity index (χ1n) is 40.0. The normalized spacial score (nSPS) is 23.3. The van der Waals surface area contributed by atoms with Crippen molar-refractivity contribution < 1.29 is 29.7 Å². The van der Waals surface area contributed by atoms with E-state index in [9.17, 15) is 24.9 Å². The second-order valence-electron chi connectivity index (χ2n) is 31.8. The predicted molar refractivity (Wildman–Crippen MR) is 429 cm³/mol. The summed E-state index contributed by atoms with van der Waals surface area (Å²) in [6.07, 6.45) is 13.5. The predicted octanol–water partition coefficient (Wildman–Crippen LogP) is 11.3. The van der Waals surface area contributed by atoms with E-state index in [-0.39, 0.29) is 72.8 Å². The third-order valence-electron chi connectivity index (χ3n) is 24.6. The Hall–Kier alpha value is -11.1. The summed E-state index contributed by atoms with van der Waals surface area (Å²) in [5.74, 6) is 1.30. The Morgan fingerprint density at radius 1 is 0.407 bits per heavy atom. The van der Waals surface area contributed by atoms with E-state index in [0.29, 0.717) is 161 Å². The Balaban J connectivity index is 0.562. The third kappa shape index (κ3) is 14.8. The van der Waals surface area contributed by atoms with Crippen LogP contribution in [0.2, 0.25) is 0 Å². The monoisotopic (exact) mass is 1540 g/mol. The summed E-state index contributed by atoms with van der Waals surface area (Å²) in [5.41, 5.74) is 15.0. The number of amides is 3. The highest BCUT2D eigenvalue weighted by molar-refractivity contribution is 7.08. The van der Waals surface area contributed by atoms with Crippen molar-refractivity contribution in [2.75, 3.05) is 55.2 Å². The number of nitrogens with one attached hydrogen (secondary N) is 3. The van der Waals surface area contributed by atoms with Gasteiger partial charge in [0.15, 0.2) is 17.5 Å². The molecule has 3 saturated heterocycles. The van der Waals surface area contributed by atoms with E-state index in [1.807, 2.05) is 107 Å². The van der Waals surface area contributed by atoms with Crippen molar-refractivity contribution in [2.24, 2.45) is 17.8 Å². The zero-order valence-electron chi connectivity index (χ0n) is 63.6. The lowest BCUT2D eigenvalue weighted by Crippen LogP contribution is -2.48. The first kappa shape index (κ1) is 73.3. The molecule has 4 atom stereocenters. The standard InChI is InChI=1S/C84H92N22O6S/c1-48-9-4-5-10-58(48)59-11-6-15-69-76(59)95-99-105(69)74-41-66(63-44-102(39-33-71(63)108)80(111)52-19-23-54(24-20-52)87-82-86-36-30-73(92-82)104-68-14-8-13-61(78(68)97-98-104)65-47-113-46-50(65)3)90-84(93-74)89-56-27-21-53(22-28-56)81(112)103-40-34-72(109)64(45-103)67-42-75(106-70-16-7-12-60(77(70)96-100-106)62-43-85-35-29-49(62)2)94-83(91-67)88-55-25-17-51(18-26-55)79(110)101-37-31-57(107)32-38-101/h4-16,29-30,35-36,41-43,46-47,51-57,63-64,71-72,107-109H,17-28,31-34,37-40,44-45H2,1-3H3,(H,86,87,92)(H,88,91,94)(H,89,90,93). The number of likely N-dealkylation sites (tertiary alicyclic amines) is 3. The topological polar surface area (TPSA) is 340 Å². The van der Waals surface area contributed by atoms with Crippen molar-refractivity contribution in [1.82, 2.24) is 94.6 Å². The lowest BCUT2D eigenvalue weighted by atomic mass is 9.83. The number of pyridine rings is 1. The Morgan fingerprint density at radius 3 is 1.33 bits per heavy atom. The number of aliphatic hydroxyl groups excluding tert-OH is 3. The van der Waals surface area contributed by atoms with Crippen LogP contribution in [0.15, 0.2) is 132 Å². The average Bonchev–Trinajstić information content (AvgIpc) is 1.69. The first-order valence-corrected chi connectivity index (χ1v) is 41.0. The largest absolute Gasteiger partial charge is 0.393 e. The van der Waals surface area contributed by atoms with Crippen LogP contribution in [-0.4, -0.2) is 203 Å². The molecular weight excluding hydrogens is 1450 g/mol. The summed E-state index contributed by atoms with van der Waals surface area (Å²) in [7, 11) is 0. The molecule has 8 aromatic heterocycles. The second kappa shape index (κ2) is 31.4. The highest BCUT2D eigenvalue weighted by Crippen LogP contribution is 2.40. The summed E-state index contributed by atoms with van der Waals surface area (Å²) in [5, 5.41) is 77.5. The maximum atomic E-state index is 15.0. The number of aromatic nitrogens is 16. The summed E-state index contributed by atoms with van der Waals surface area (Å²) in [6, 6.07) is 33.7. The quantitative estimate of drug-likeness (QED) is 0.0493. The molecule has 113 heavy (non-hydrogen) atoms. The molecule has 3 aliphatic heterocycles. The fraction of sp³-hybridized carbons (Fsp3) is 0.429. The molecule has 28 nitrogen and oxygen atoms in total. The van der Waals surface area contributed by atoms with Crippen molar-refractivity contribution in [3.8, 4) is 50.8 Å². The molecule has 0 spiro atoms. The van der Waals surface area contributed by atoms with E-state index < -0.39 is 24.0 Å². The highest BCUT2D eigenvalue weighted by atomic mass is 32.1. The van der Waals surface area contributed by atoms with E-state index in [2.05, 4.69) is 85.1 Å². The molecular formula is C84H92N22O6S. The molecule has 18 rings (SSSR count). The van der Waals surface area contributed by atoms with Gasteiger partial charge in [-0.05, 0) is 186 Å². The second-order valence-corrected chi connectivity index (χ2v) is 32.6. The Kier molecular flexibility index (Phi) is 20.4. The molecule has 4 aromatic carbocycles. The van der Waals surface area contributed by atoms with Crippen molar-refractivity contribution in [2.45, 2.75) is 172 Å². The SMILES string of the molecule is Cc1cscc1-c1cccc2c1nnn2-c1ccnc(NC2CCC(C(=O)N3CCC(O)C(c4cc(-n5nnc6c(-c7ccccc7C)cccc65)nc(NC5CCC(C(=O)N6CCC(O)C(c7cc(-n8nnc9c(-c%10cnccc%10C)cccc98)nc(NC8CCC(C(=O)N9CCC(O)CC9)CC8)n7)C6)CC5)n4)C3)CC2)n1. The van der Waals surface area contributed by atoms with Gasteiger partial charge in [-0.1, -0.05) is 76.3 Å². The lowest BCUT2D eigenvalue weighted by Gasteiger charge is -2.39. The summed E-state index contributed by atoms with van der Waals surface area (Å²) >= 11 is 1.66. The third-order valence-corrected chi connectivity index (χ3v) is 25.5. The molecule has 6 fully saturated rings. The molecule has 3 saturated carbocycles. The van der Waals surface area contributed by atoms with Crippen LogP contribution in [0.1, 0.15) is 143 Å². The number of hydrogen-bond acceptors (Lipinski definition) is 23. The van der Waals surface area contributed by atoms with Crippen LogP contribution in [0.4, 0.5) is 17.8 Å². The zero-order chi connectivity index (χ0) is 77.0. The molecule has 29 heteroatoms. The molecule has 0 bridgehead atoms. The number of rotatable bonds is 17. The van der Waals surface area contributed by atoms with Gasteiger partial charge in [0, 0.05) is 146 Å². The molecule has 11 heterocycles. The van der Waals surface area contributed by atoms with Gasteiger partial charge in [0.2, 0.25) is 35.6 Å². The van der Waals surface area contributed by atoms with Crippen LogP contribution in [0.3, 0.4) is 0 Å². The van der Waals surface area contributed by atoms with Crippen LogP contribution in [0.25, 0.3) is 83.9 Å². The van der Waals surface area contributed by atoms with Gasteiger partial charge in [-0.3, -0.25) is 19.4 Å². The Morgan fingerprint density at radius 2 is 0.841 bits per heavy atom. The summed E-state index contributed by atoms with van der Waals surface area (Å²) < 4.78 is 5.19. The van der Waals surface area contributed by atoms with Gasteiger partial charge in [-0.15, -0.1) is 15.3 Å². The van der Waals surface area contributed by atoms with Gasteiger partial charge in [0.25, 0.3) is 0 Å². The van der Waals surface area contributed by atoms with E-state index in [1.54, 1.807) is 37.8 Å². The first-order chi connectivity index (χ1) is 55.2. The molecule has 580 valence electrons. The Bertz CT molecular complexity index is 5520. The van der Waals surface area contributed by atoms with Gasteiger partial charge in [-0.2, -0.15) is 40.3 Å². The van der Waals surface area contributed by atoms with Gasteiger partial charge in [0.1, 0.15) is 16.6 Å². The van der Waals surface area contributed by atoms with E-state index in [4.69, 9.17) is 45.5 Å². The highest BCUT2D eigenvalue weighted by Gasteiger charge is 2.41. The molecule has 6 aliphatic rings.